The lowest BCUT2D eigenvalue weighted by Crippen LogP contribution is -1.83. The van der Waals surface area contributed by atoms with Crippen LogP contribution in [-0.4, -0.2) is 12.2 Å². The van der Waals surface area contributed by atoms with Gasteiger partial charge in [0.25, 0.3) is 0 Å². The molecule has 0 spiro atoms. The number of ether oxygens (including phenoxy) is 1. The van der Waals surface area contributed by atoms with Gasteiger partial charge in [-0.1, -0.05) is 18.6 Å². The van der Waals surface area contributed by atoms with Gasteiger partial charge in [0.2, 0.25) is 0 Å². The third kappa shape index (κ3) is 1.52. The zero-order chi connectivity index (χ0) is 10.7. The fourth-order valence-corrected chi connectivity index (χ4v) is 0.768. The van der Waals surface area contributed by atoms with E-state index in [0.717, 1.165) is 0 Å². The van der Waals surface area contributed by atoms with Crippen LogP contribution in [0.5, 0.6) is 11.5 Å². The van der Waals surface area contributed by atoms with Crippen LogP contribution in [-0.2, 0) is 0 Å². The minimum absolute atomic E-state index is 0.101. The van der Waals surface area contributed by atoms with E-state index in [1.54, 1.807) is 0 Å². The molecule has 1 aromatic carbocycles. The molecule has 0 fully saturated rings. The third-order valence-electron chi connectivity index (χ3n) is 1.32. The molecule has 0 aromatic heterocycles. The van der Waals surface area contributed by atoms with Crippen molar-refractivity contribution in [1.29, 1.82) is 0 Å². The molecular weight excluding hydrogens is 140 g/mol. The summed E-state index contributed by atoms with van der Waals surface area (Å²) in [7, 11) is 1.42. The predicted molar refractivity (Wildman–Crippen MR) is 44.7 cm³/mol. The molecule has 2 nitrogen and oxygen atoms in total. The van der Waals surface area contributed by atoms with Gasteiger partial charge in [0.1, 0.15) is 0 Å². The van der Waals surface area contributed by atoms with Crippen molar-refractivity contribution in [3.8, 4) is 11.5 Å². The van der Waals surface area contributed by atoms with Crippen LogP contribution in [0.4, 0.5) is 0 Å². The van der Waals surface area contributed by atoms with E-state index >= 15 is 0 Å². The summed E-state index contributed by atoms with van der Waals surface area (Å²) in [5.74, 6) is 0.203. The van der Waals surface area contributed by atoms with Gasteiger partial charge in [-0.3, -0.25) is 0 Å². The number of aromatic hydroxyl groups is 1. The summed E-state index contributed by atoms with van der Waals surface area (Å²) in [6, 6.07) is 4.07. The van der Waals surface area contributed by atoms with E-state index in [2.05, 4.69) is 0 Å². The first kappa shape index (κ1) is 4.44. The van der Waals surface area contributed by atoms with Gasteiger partial charge >= 0.3 is 0 Å². The zero-order valence-electron chi connectivity index (χ0n) is 9.09. The zero-order valence-corrected chi connectivity index (χ0v) is 6.09. The van der Waals surface area contributed by atoms with Crippen LogP contribution >= 0.6 is 0 Å². The van der Waals surface area contributed by atoms with Gasteiger partial charge in [-0.25, -0.2) is 0 Å². The van der Waals surface area contributed by atoms with Crippen molar-refractivity contribution >= 4 is 6.05 Å². The largest absolute Gasteiger partial charge is 0.504 e. The van der Waals surface area contributed by atoms with Crippen molar-refractivity contribution in [1.82, 2.24) is 0 Å². The van der Waals surface area contributed by atoms with Crippen molar-refractivity contribution in [3.63, 3.8) is 0 Å². The lowest BCUT2D eigenvalue weighted by molar-refractivity contribution is 0.373. The van der Waals surface area contributed by atoms with E-state index < -0.39 is 6.53 Å². The van der Waals surface area contributed by atoms with E-state index in [9.17, 15) is 5.11 Å². The first-order valence-electron chi connectivity index (χ1n) is 4.57. The number of benzene rings is 1. The van der Waals surface area contributed by atoms with Crippen molar-refractivity contribution < 1.29 is 14.0 Å². The van der Waals surface area contributed by atoms with Gasteiger partial charge < -0.3 is 9.84 Å². The third-order valence-corrected chi connectivity index (χ3v) is 1.32. The van der Waals surface area contributed by atoms with Gasteiger partial charge in [-0.2, -0.15) is 0 Å². The summed E-state index contributed by atoms with van der Waals surface area (Å²) in [6.07, 6.45) is 0. The summed E-state index contributed by atoms with van der Waals surface area (Å²) in [4.78, 5) is 0. The number of phenols is 1. The maximum Gasteiger partial charge on any atom is 0.160 e. The highest BCUT2D eigenvalue weighted by molar-refractivity contribution is 5.53. The van der Waals surface area contributed by atoms with E-state index in [-0.39, 0.29) is 11.8 Å². The summed E-state index contributed by atoms with van der Waals surface area (Å²) >= 11 is 0. The molecule has 1 aromatic rings. The maximum absolute atomic E-state index is 9.37. The molecule has 0 unspecified atom stereocenters. The lowest BCUT2D eigenvalue weighted by Gasteiger charge is -2.02. The molecule has 0 atom stereocenters. The maximum atomic E-state index is 9.37. The predicted octanol–water partition coefficient (Wildman–Crippen LogP) is 2.04. The molecule has 0 aliphatic carbocycles. The smallest absolute Gasteiger partial charge is 0.160 e. The average Bonchev–Trinajstić information content (AvgIpc) is 2.16. The van der Waals surface area contributed by atoms with E-state index in [1.807, 2.05) is 0 Å². The van der Waals surface area contributed by atoms with Crippen molar-refractivity contribution in [3.05, 3.63) is 30.3 Å². The standard InChI is InChI=1S/C9H10O2/c1-3-7-4-5-9(11-2)8(10)6-7/h3-6,10H,1H2,2H3/i1D2,3D. The highest BCUT2D eigenvalue weighted by Gasteiger charge is 1.98. The molecule has 2 heteroatoms. The fraction of sp³-hybridized carbons (Fsp3) is 0.111. The van der Waals surface area contributed by atoms with Gasteiger partial charge in [0.15, 0.2) is 11.5 Å². The Morgan fingerprint density at radius 1 is 1.82 bits per heavy atom. The highest BCUT2D eigenvalue weighted by atomic mass is 16.5. The number of methoxy groups -OCH3 is 1. The van der Waals surface area contributed by atoms with E-state index in [4.69, 9.17) is 8.85 Å². The molecule has 58 valence electrons. The quantitative estimate of drug-likeness (QED) is 0.704. The van der Waals surface area contributed by atoms with Crippen molar-refractivity contribution in [2.75, 3.05) is 7.11 Å². The summed E-state index contributed by atoms with van der Waals surface area (Å²) < 4.78 is 26.0. The first-order chi connectivity index (χ1) is 6.56. The highest BCUT2D eigenvalue weighted by Crippen LogP contribution is 2.26. The van der Waals surface area contributed by atoms with Gasteiger partial charge in [-0.05, 0) is 17.7 Å². The normalized spacial score (nSPS) is 12.6. The number of hydrogen-bond donors (Lipinski definition) is 1. The molecule has 0 saturated carbocycles. The molecule has 0 radical (unpaired) electrons. The number of phenolic OH excluding ortho intramolecular Hbond substituents is 1. The molecule has 0 aliphatic rings. The Kier molecular flexibility index (Phi) is 1.25. The molecular formula is C9H10O2. The van der Waals surface area contributed by atoms with Gasteiger partial charge in [0.05, 0.1) is 11.2 Å². The second-order valence-electron chi connectivity index (χ2n) is 2.01. The molecule has 0 aliphatic heterocycles. The van der Waals surface area contributed by atoms with Crippen LogP contribution in [0.3, 0.4) is 0 Å². The van der Waals surface area contributed by atoms with Gasteiger partial charge in [-0.15, -0.1) is 0 Å². The minimum Gasteiger partial charge on any atom is -0.504 e. The number of rotatable bonds is 2. The molecule has 0 amide bonds. The van der Waals surface area contributed by atoms with Crippen LogP contribution in [0, 0.1) is 0 Å². The van der Waals surface area contributed by atoms with Crippen molar-refractivity contribution in [2.24, 2.45) is 0 Å². The molecule has 11 heavy (non-hydrogen) atoms. The monoisotopic (exact) mass is 153 g/mol. The minimum atomic E-state index is -0.588. The van der Waals surface area contributed by atoms with Crippen LogP contribution < -0.4 is 4.74 Å². The Morgan fingerprint density at radius 3 is 3.18 bits per heavy atom. The SMILES string of the molecule is [2H]C([2H])=C([2H])c1ccc(OC)c(O)c1. The summed E-state index contributed by atoms with van der Waals surface area (Å²) in [5, 5.41) is 9.37. The second-order valence-corrected chi connectivity index (χ2v) is 2.01. The van der Waals surface area contributed by atoms with Gasteiger partial charge in [0, 0.05) is 0 Å². The van der Waals surface area contributed by atoms with Crippen LogP contribution in [0.25, 0.3) is 6.05 Å². The summed E-state index contributed by atoms with van der Waals surface area (Å²) in [6.45, 7) is -0.588. The molecule has 0 heterocycles. The Balaban J connectivity index is 3.16. The Hall–Kier alpha value is -1.44. The van der Waals surface area contributed by atoms with E-state index in [0.29, 0.717) is 11.3 Å². The molecule has 0 saturated heterocycles. The summed E-state index contributed by atoms with van der Waals surface area (Å²) in [5.41, 5.74) is 0.323. The lowest BCUT2D eigenvalue weighted by atomic mass is 10.2. The van der Waals surface area contributed by atoms with Crippen LogP contribution in [0.1, 0.15) is 9.68 Å². The molecule has 0 bridgehead atoms. The second kappa shape index (κ2) is 3.10. The Bertz CT molecular complexity index is 370. The first-order valence-corrected chi connectivity index (χ1v) is 3.07. The number of hydrogen-bond acceptors (Lipinski definition) is 2. The molecule has 1 N–H and O–H groups in total. The Morgan fingerprint density at radius 2 is 2.64 bits per heavy atom. The Labute approximate surface area is 70.0 Å². The fourth-order valence-electron chi connectivity index (χ4n) is 0.768. The van der Waals surface area contributed by atoms with E-state index in [1.165, 1.54) is 25.3 Å². The van der Waals surface area contributed by atoms with Crippen LogP contribution in [0.2, 0.25) is 0 Å². The van der Waals surface area contributed by atoms with Crippen LogP contribution in [0.15, 0.2) is 24.7 Å². The van der Waals surface area contributed by atoms with Crippen molar-refractivity contribution in [2.45, 2.75) is 0 Å². The molecule has 1 rings (SSSR count). The average molecular weight is 153 g/mol. The topological polar surface area (TPSA) is 29.5 Å².